The van der Waals surface area contributed by atoms with Crippen molar-refractivity contribution < 1.29 is 13.2 Å². The van der Waals surface area contributed by atoms with Crippen molar-refractivity contribution in [2.75, 3.05) is 0 Å². The van der Waals surface area contributed by atoms with Crippen molar-refractivity contribution in [1.29, 1.82) is 0 Å². The molecule has 9 heteroatoms. The van der Waals surface area contributed by atoms with Crippen LogP contribution in [0, 0.1) is 0 Å². The number of benzene rings is 2. The van der Waals surface area contributed by atoms with Gasteiger partial charge in [0.15, 0.2) is 5.69 Å². The molecule has 0 fully saturated rings. The molecule has 1 amide bonds. The Morgan fingerprint density at radius 3 is 2.41 bits per heavy atom. The van der Waals surface area contributed by atoms with Crippen LogP contribution in [0.4, 0.5) is 0 Å². The van der Waals surface area contributed by atoms with Gasteiger partial charge in [-0.1, -0.05) is 42.3 Å². The van der Waals surface area contributed by atoms with Gasteiger partial charge < -0.3 is 4.98 Å². The molecular weight excluding hydrogens is 409 g/mol. The molecule has 0 radical (unpaired) electrons. The average molecular weight is 424 g/mol. The number of carbonyl (C=O) groups excluding carboxylic acids is 1. The molecular formula is C18H15Cl2N3O3S. The topological polar surface area (TPSA) is 91.9 Å². The lowest BCUT2D eigenvalue weighted by Crippen LogP contribution is -2.31. The molecule has 0 aliphatic carbocycles. The standard InChI is InChI=1S/C18H15Cl2N3O3S/c1-2-14-16(22-17(21-14)11-7-9-12(19)10-8-11)18(24)23-27(25,26)15-6-4-3-5-13(15)20/h3-10H,2H2,1H3,(H,21,22)(H,23,24). The lowest BCUT2D eigenvalue weighted by molar-refractivity contribution is 0.0976. The van der Waals surface area contributed by atoms with E-state index < -0.39 is 15.9 Å². The summed E-state index contributed by atoms with van der Waals surface area (Å²) in [7, 11) is -4.13. The Morgan fingerprint density at radius 1 is 1.11 bits per heavy atom. The number of imidazole rings is 1. The van der Waals surface area contributed by atoms with Crippen molar-refractivity contribution in [3.63, 3.8) is 0 Å². The number of hydrogen-bond donors (Lipinski definition) is 2. The van der Waals surface area contributed by atoms with E-state index in [1.54, 1.807) is 30.3 Å². The van der Waals surface area contributed by atoms with Crippen molar-refractivity contribution in [2.24, 2.45) is 0 Å². The number of amides is 1. The number of sulfonamides is 1. The van der Waals surface area contributed by atoms with Gasteiger partial charge >= 0.3 is 0 Å². The van der Waals surface area contributed by atoms with Crippen LogP contribution in [0.15, 0.2) is 53.4 Å². The van der Waals surface area contributed by atoms with Gasteiger partial charge in [0.25, 0.3) is 15.9 Å². The maximum absolute atomic E-state index is 12.6. The first kappa shape index (κ1) is 19.4. The van der Waals surface area contributed by atoms with Gasteiger partial charge in [-0.15, -0.1) is 0 Å². The van der Waals surface area contributed by atoms with Crippen LogP contribution in [-0.2, 0) is 16.4 Å². The number of hydrogen-bond acceptors (Lipinski definition) is 4. The van der Waals surface area contributed by atoms with Crippen LogP contribution >= 0.6 is 23.2 Å². The SMILES string of the molecule is CCc1[nH]c(-c2ccc(Cl)cc2)nc1C(=O)NS(=O)(=O)c1ccccc1Cl. The second kappa shape index (κ2) is 7.72. The highest BCUT2D eigenvalue weighted by molar-refractivity contribution is 7.90. The number of aromatic amines is 1. The van der Waals surface area contributed by atoms with Crippen LogP contribution in [0.1, 0.15) is 23.1 Å². The zero-order valence-electron chi connectivity index (χ0n) is 14.2. The van der Waals surface area contributed by atoms with Crippen molar-refractivity contribution in [3.8, 4) is 11.4 Å². The number of aromatic nitrogens is 2. The van der Waals surface area contributed by atoms with Crippen LogP contribution in [0.25, 0.3) is 11.4 Å². The minimum absolute atomic E-state index is 0.0121. The van der Waals surface area contributed by atoms with Gasteiger partial charge in [-0.05, 0) is 42.8 Å². The Bertz CT molecular complexity index is 1090. The summed E-state index contributed by atoms with van der Waals surface area (Å²) < 4.78 is 27.0. The van der Waals surface area contributed by atoms with Crippen molar-refractivity contribution in [3.05, 3.63) is 70.0 Å². The quantitative estimate of drug-likeness (QED) is 0.646. The zero-order chi connectivity index (χ0) is 19.6. The van der Waals surface area contributed by atoms with Gasteiger partial charge in [-0.3, -0.25) is 4.79 Å². The second-order valence-corrected chi connectivity index (χ2v) is 8.13. The molecule has 3 aromatic rings. The highest BCUT2D eigenvalue weighted by Gasteiger charge is 2.25. The summed E-state index contributed by atoms with van der Waals surface area (Å²) in [5.41, 5.74) is 1.26. The molecule has 140 valence electrons. The van der Waals surface area contributed by atoms with Gasteiger partial charge in [-0.2, -0.15) is 0 Å². The predicted molar refractivity (Wildman–Crippen MR) is 105 cm³/mol. The van der Waals surface area contributed by atoms with Crippen LogP contribution < -0.4 is 4.72 Å². The number of aryl methyl sites for hydroxylation is 1. The van der Waals surface area contributed by atoms with E-state index in [4.69, 9.17) is 23.2 Å². The molecule has 2 aromatic carbocycles. The molecule has 0 bridgehead atoms. The molecule has 3 rings (SSSR count). The lowest BCUT2D eigenvalue weighted by Gasteiger charge is -2.07. The summed E-state index contributed by atoms with van der Waals surface area (Å²) in [6, 6.07) is 12.8. The van der Waals surface area contributed by atoms with E-state index in [1.165, 1.54) is 18.2 Å². The summed E-state index contributed by atoms with van der Waals surface area (Å²) in [4.78, 5) is 19.7. The van der Waals surface area contributed by atoms with Gasteiger partial charge in [0.05, 0.1) is 5.02 Å². The van der Waals surface area contributed by atoms with Gasteiger partial charge in [-0.25, -0.2) is 18.1 Å². The zero-order valence-corrected chi connectivity index (χ0v) is 16.5. The van der Waals surface area contributed by atoms with Crippen LogP contribution in [0.2, 0.25) is 10.0 Å². The molecule has 27 heavy (non-hydrogen) atoms. The fourth-order valence-corrected chi connectivity index (χ4v) is 4.09. The van der Waals surface area contributed by atoms with Gasteiger partial charge in [0.1, 0.15) is 10.7 Å². The molecule has 0 aliphatic heterocycles. The molecule has 2 N–H and O–H groups in total. The number of nitrogens with zero attached hydrogens (tertiary/aromatic N) is 1. The van der Waals surface area contributed by atoms with Crippen LogP contribution in [0.5, 0.6) is 0 Å². The molecule has 0 aliphatic rings. The van der Waals surface area contributed by atoms with E-state index in [2.05, 4.69) is 9.97 Å². The minimum Gasteiger partial charge on any atom is -0.341 e. The summed E-state index contributed by atoms with van der Waals surface area (Å²) in [6.07, 6.45) is 0.468. The summed E-state index contributed by atoms with van der Waals surface area (Å²) in [6.45, 7) is 1.83. The predicted octanol–water partition coefficient (Wildman–Crippen LogP) is 4.06. The largest absolute Gasteiger partial charge is 0.341 e. The Hall–Kier alpha value is -2.35. The van der Waals surface area contributed by atoms with Crippen LogP contribution in [-0.4, -0.2) is 24.3 Å². The third-order valence-corrected chi connectivity index (χ3v) is 5.90. The van der Waals surface area contributed by atoms with E-state index >= 15 is 0 Å². The average Bonchev–Trinajstić information content (AvgIpc) is 3.07. The summed E-state index contributed by atoms with van der Waals surface area (Å²) in [5, 5.41) is 0.599. The highest BCUT2D eigenvalue weighted by atomic mass is 35.5. The minimum atomic E-state index is -4.13. The first-order chi connectivity index (χ1) is 12.8. The molecule has 1 aromatic heterocycles. The summed E-state index contributed by atoms with van der Waals surface area (Å²) in [5.74, 6) is -0.382. The maximum Gasteiger partial charge on any atom is 0.285 e. The normalized spacial score (nSPS) is 11.4. The third-order valence-electron chi connectivity index (χ3n) is 3.82. The fraction of sp³-hybridized carbons (Fsp3) is 0.111. The molecule has 0 saturated carbocycles. The molecule has 0 unspecified atom stereocenters. The monoisotopic (exact) mass is 423 g/mol. The van der Waals surface area contributed by atoms with Crippen molar-refractivity contribution in [1.82, 2.24) is 14.7 Å². The van der Waals surface area contributed by atoms with E-state index in [-0.39, 0.29) is 15.6 Å². The molecule has 6 nitrogen and oxygen atoms in total. The molecule has 0 saturated heterocycles. The van der Waals surface area contributed by atoms with Crippen LogP contribution in [0.3, 0.4) is 0 Å². The van der Waals surface area contributed by atoms with E-state index in [0.717, 1.165) is 5.56 Å². The fourth-order valence-electron chi connectivity index (χ4n) is 2.49. The number of nitrogens with one attached hydrogen (secondary N) is 2. The Balaban J connectivity index is 1.93. The molecule has 0 atom stereocenters. The molecule has 1 heterocycles. The number of rotatable bonds is 5. The molecule has 0 spiro atoms. The maximum atomic E-state index is 12.6. The van der Waals surface area contributed by atoms with E-state index in [9.17, 15) is 13.2 Å². The number of carbonyl (C=O) groups is 1. The van der Waals surface area contributed by atoms with Gasteiger partial charge in [0.2, 0.25) is 0 Å². The third kappa shape index (κ3) is 4.16. The Labute approximate surface area is 166 Å². The lowest BCUT2D eigenvalue weighted by atomic mass is 10.2. The van der Waals surface area contributed by atoms with E-state index in [1.807, 2.05) is 11.6 Å². The van der Waals surface area contributed by atoms with Crippen molar-refractivity contribution >= 4 is 39.1 Å². The smallest absolute Gasteiger partial charge is 0.285 e. The summed E-state index contributed by atoms with van der Waals surface area (Å²) >= 11 is 11.8. The first-order valence-corrected chi connectivity index (χ1v) is 10.2. The Morgan fingerprint density at radius 2 is 1.78 bits per heavy atom. The number of H-pyrrole nitrogens is 1. The van der Waals surface area contributed by atoms with Gasteiger partial charge in [0, 0.05) is 16.3 Å². The Kier molecular flexibility index (Phi) is 5.55. The first-order valence-electron chi connectivity index (χ1n) is 7.98. The number of halogens is 2. The second-order valence-electron chi connectivity index (χ2n) is 5.64. The van der Waals surface area contributed by atoms with Crippen molar-refractivity contribution in [2.45, 2.75) is 18.2 Å². The van der Waals surface area contributed by atoms with E-state index in [0.29, 0.717) is 23.0 Å². The highest BCUT2D eigenvalue weighted by Crippen LogP contribution is 2.23.